The van der Waals surface area contributed by atoms with Gasteiger partial charge in [0.05, 0.1) is 24.4 Å². The smallest absolute Gasteiger partial charge is 0.118 e. The Morgan fingerprint density at radius 3 is 2.30 bits per heavy atom. The highest BCUT2D eigenvalue weighted by atomic mass is 16.5. The summed E-state index contributed by atoms with van der Waals surface area (Å²) >= 11 is 0. The van der Waals surface area contributed by atoms with E-state index in [2.05, 4.69) is 13.8 Å². The molecule has 1 aromatic carbocycles. The number of methoxy groups -OCH3 is 1. The van der Waals surface area contributed by atoms with Crippen molar-refractivity contribution in [2.75, 3.05) is 7.11 Å². The topological polar surface area (TPSA) is 69.9 Å². The number of ether oxygens (including phenoxy) is 1. The molecule has 0 saturated heterocycles. The molecule has 4 fully saturated rings. The largest absolute Gasteiger partial charge is 0.497 e. The van der Waals surface area contributed by atoms with E-state index < -0.39 is 16.6 Å². The molecule has 0 spiro atoms. The zero-order valence-corrected chi connectivity index (χ0v) is 18.7. The van der Waals surface area contributed by atoms with Gasteiger partial charge in [0.25, 0.3) is 0 Å². The molecule has 0 aliphatic heterocycles. The lowest BCUT2D eigenvalue weighted by atomic mass is 9.43. The Balaban J connectivity index is 1.50. The first-order valence-corrected chi connectivity index (χ1v) is 12.0. The van der Waals surface area contributed by atoms with E-state index in [-0.39, 0.29) is 17.4 Å². The van der Waals surface area contributed by atoms with Crippen LogP contribution in [-0.2, 0) is 5.60 Å². The molecule has 0 aromatic heterocycles. The van der Waals surface area contributed by atoms with Gasteiger partial charge in [-0.15, -0.1) is 0 Å². The Hall–Kier alpha value is -1.10. The molecule has 0 heterocycles. The highest BCUT2D eigenvalue weighted by molar-refractivity contribution is 5.36. The van der Waals surface area contributed by atoms with Gasteiger partial charge in [-0.1, -0.05) is 26.0 Å². The van der Waals surface area contributed by atoms with Crippen molar-refractivity contribution in [3.8, 4) is 5.75 Å². The van der Waals surface area contributed by atoms with Gasteiger partial charge in [-0.2, -0.15) is 0 Å². The molecule has 0 unspecified atom stereocenters. The van der Waals surface area contributed by atoms with Gasteiger partial charge in [-0.05, 0) is 98.7 Å². The number of aliphatic hydroxyl groups excluding tert-OH is 1. The molecule has 4 saturated carbocycles. The molecule has 1 aromatic rings. The molecule has 3 N–H and O–H groups in total. The predicted octanol–water partition coefficient (Wildman–Crippen LogP) is 4.40. The summed E-state index contributed by atoms with van der Waals surface area (Å²) in [6.07, 6.45) is 8.01. The van der Waals surface area contributed by atoms with E-state index in [0.717, 1.165) is 56.3 Å². The third kappa shape index (κ3) is 2.50. The number of hydrogen-bond acceptors (Lipinski definition) is 4. The van der Waals surface area contributed by atoms with Crippen LogP contribution < -0.4 is 4.74 Å². The Kier molecular flexibility index (Phi) is 4.64. The number of benzene rings is 1. The zero-order valence-electron chi connectivity index (χ0n) is 18.7. The number of hydrogen-bond donors (Lipinski definition) is 3. The quantitative estimate of drug-likeness (QED) is 0.671. The van der Waals surface area contributed by atoms with Gasteiger partial charge in [0.15, 0.2) is 0 Å². The summed E-state index contributed by atoms with van der Waals surface area (Å²) in [4.78, 5) is 0. The number of rotatable bonds is 2. The second-order valence-corrected chi connectivity index (χ2v) is 11.3. The minimum atomic E-state index is -1.01. The van der Waals surface area contributed by atoms with Crippen molar-refractivity contribution in [2.45, 2.75) is 88.9 Å². The van der Waals surface area contributed by atoms with Crippen molar-refractivity contribution in [1.82, 2.24) is 0 Å². The Labute approximate surface area is 180 Å². The second-order valence-electron chi connectivity index (χ2n) is 11.3. The zero-order chi connectivity index (χ0) is 21.4. The number of aliphatic hydroxyl groups is 3. The minimum absolute atomic E-state index is 0.150. The summed E-state index contributed by atoms with van der Waals surface area (Å²) in [5.74, 6) is 2.08. The van der Waals surface area contributed by atoms with Crippen LogP contribution in [0, 0.1) is 28.6 Å². The summed E-state index contributed by atoms with van der Waals surface area (Å²) in [7, 11) is 1.65. The molecule has 0 radical (unpaired) electrons. The highest BCUT2D eigenvalue weighted by Crippen LogP contribution is 2.71. The van der Waals surface area contributed by atoms with Gasteiger partial charge in [0, 0.05) is 5.41 Å². The predicted molar refractivity (Wildman–Crippen MR) is 116 cm³/mol. The normalized spacial score (nSPS) is 50.3. The SMILES string of the molecule is COc1ccc([C@@]2(O)CC[C@]3(O)[C@@H]4CC[C@@H]5C[C@@H](O)CC[C@]5(C)[C@H]4CC[C@]23C)cc1. The van der Waals surface area contributed by atoms with E-state index in [9.17, 15) is 15.3 Å². The molecular weight excluding hydrogens is 376 g/mol. The lowest BCUT2D eigenvalue weighted by molar-refractivity contribution is -0.238. The maximum atomic E-state index is 12.3. The van der Waals surface area contributed by atoms with Crippen LogP contribution in [0.15, 0.2) is 24.3 Å². The molecule has 30 heavy (non-hydrogen) atoms. The van der Waals surface area contributed by atoms with Crippen molar-refractivity contribution in [1.29, 1.82) is 0 Å². The summed E-state index contributed by atoms with van der Waals surface area (Å²) < 4.78 is 5.31. The molecule has 0 bridgehead atoms. The van der Waals surface area contributed by atoms with E-state index in [1.54, 1.807) is 7.11 Å². The minimum Gasteiger partial charge on any atom is -0.497 e. The average molecular weight is 415 g/mol. The first-order chi connectivity index (χ1) is 14.2. The first-order valence-electron chi connectivity index (χ1n) is 12.0. The molecule has 4 aliphatic carbocycles. The lowest BCUT2D eigenvalue weighted by Gasteiger charge is -2.64. The fraction of sp³-hybridized carbons (Fsp3) is 0.769. The molecule has 4 aliphatic rings. The molecule has 4 heteroatoms. The summed E-state index contributed by atoms with van der Waals surface area (Å²) in [5, 5.41) is 34.6. The molecule has 8 atom stereocenters. The van der Waals surface area contributed by atoms with Crippen LogP contribution in [0.4, 0.5) is 0 Å². The van der Waals surface area contributed by atoms with Crippen molar-refractivity contribution in [2.24, 2.45) is 28.6 Å². The summed E-state index contributed by atoms with van der Waals surface area (Å²) in [6, 6.07) is 7.78. The fourth-order valence-corrected chi connectivity index (χ4v) is 8.55. The Morgan fingerprint density at radius 1 is 0.867 bits per heavy atom. The average Bonchev–Trinajstić information content (AvgIpc) is 2.96. The maximum Gasteiger partial charge on any atom is 0.118 e. The Morgan fingerprint density at radius 2 is 1.60 bits per heavy atom. The number of fused-ring (bicyclic) bond motifs is 5. The molecule has 0 amide bonds. The summed E-state index contributed by atoms with van der Waals surface area (Å²) in [5.41, 5.74) is -1.29. The van der Waals surface area contributed by atoms with Crippen LogP contribution in [0.2, 0.25) is 0 Å². The Bertz CT molecular complexity index is 808. The van der Waals surface area contributed by atoms with Gasteiger partial charge >= 0.3 is 0 Å². The molecular formula is C26H38O4. The highest BCUT2D eigenvalue weighted by Gasteiger charge is 2.71. The lowest BCUT2D eigenvalue weighted by Crippen LogP contribution is -2.64. The van der Waals surface area contributed by atoms with Gasteiger partial charge in [0.2, 0.25) is 0 Å². The van der Waals surface area contributed by atoms with Crippen LogP contribution in [0.5, 0.6) is 5.75 Å². The third-order valence-electron chi connectivity index (χ3n) is 10.5. The van der Waals surface area contributed by atoms with Gasteiger partial charge in [-0.3, -0.25) is 0 Å². The third-order valence-corrected chi connectivity index (χ3v) is 10.5. The second kappa shape index (κ2) is 6.70. The van der Waals surface area contributed by atoms with Gasteiger partial charge < -0.3 is 20.1 Å². The van der Waals surface area contributed by atoms with Crippen molar-refractivity contribution >= 4 is 0 Å². The van der Waals surface area contributed by atoms with Crippen LogP contribution in [0.3, 0.4) is 0 Å². The molecule has 4 nitrogen and oxygen atoms in total. The van der Waals surface area contributed by atoms with E-state index >= 15 is 0 Å². The van der Waals surface area contributed by atoms with Crippen molar-refractivity contribution in [3.05, 3.63) is 29.8 Å². The first kappa shape index (κ1) is 20.8. The van der Waals surface area contributed by atoms with Gasteiger partial charge in [0.1, 0.15) is 5.75 Å². The van der Waals surface area contributed by atoms with E-state index in [4.69, 9.17) is 4.74 Å². The van der Waals surface area contributed by atoms with Crippen LogP contribution in [0.25, 0.3) is 0 Å². The fourth-order valence-electron chi connectivity index (χ4n) is 8.55. The van der Waals surface area contributed by atoms with Crippen molar-refractivity contribution < 1.29 is 20.1 Å². The maximum absolute atomic E-state index is 12.3. The van der Waals surface area contributed by atoms with Crippen LogP contribution in [-0.4, -0.2) is 34.1 Å². The molecule has 166 valence electrons. The monoisotopic (exact) mass is 414 g/mol. The van der Waals surface area contributed by atoms with E-state index in [1.807, 2.05) is 24.3 Å². The van der Waals surface area contributed by atoms with Crippen LogP contribution >= 0.6 is 0 Å². The van der Waals surface area contributed by atoms with Gasteiger partial charge in [-0.25, -0.2) is 0 Å². The van der Waals surface area contributed by atoms with E-state index in [1.165, 1.54) is 0 Å². The molecule has 5 rings (SSSR count). The van der Waals surface area contributed by atoms with E-state index in [0.29, 0.717) is 24.7 Å². The standard InChI is InChI=1S/C26H38O4/c1-23-12-10-19(27)16-18(23)6-9-22-21(23)11-13-24(2)25(28,14-15-26(22,24)29)17-4-7-20(30-3)8-5-17/h4-5,7-8,18-19,21-22,27-29H,6,9-16H2,1-3H3/t18-,19+,21+,22-,23+,24-,25+,26+/m1/s1. The summed E-state index contributed by atoms with van der Waals surface area (Å²) in [6.45, 7) is 4.57. The van der Waals surface area contributed by atoms with Crippen LogP contribution in [0.1, 0.15) is 77.2 Å². The van der Waals surface area contributed by atoms with Crippen molar-refractivity contribution in [3.63, 3.8) is 0 Å².